The van der Waals surface area contributed by atoms with Crippen LogP contribution in [0.2, 0.25) is 0 Å². The van der Waals surface area contributed by atoms with Crippen molar-refractivity contribution in [2.75, 3.05) is 26.2 Å². The van der Waals surface area contributed by atoms with Crippen LogP contribution in [-0.4, -0.2) is 86.9 Å². The van der Waals surface area contributed by atoms with Crippen molar-refractivity contribution in [3.05, 3.63) is 123 Å². The summed E-state index contributed by atoms with van der Waals surface area (Å²) in [5, 5.41) is 20.7. The van der Waals surface area contributed by atoms with E-state index in [1.807, 2.05) is 24.0 Å². The van der Waals surface area contributed by atoms with Crippen LogP contribution in [-0.2, 0) is 50.9 Å². The summed E-state index contributed by atoms with van der Waals surface area (Å²) in [5.74, 6) is -0.266. The largest absolute Gasteiger partial charge is 0.458 e. The minimum atomic E-state index is -4.61. The first-order valence-electron chi connectivity index (χ1n) is 23.1. The van der Waals surface area contributed by atoms with Gasteiger partial charge in [0.2, 0.25) is 10.0 Å². The number of carbonyl (C=O) groups is 2. The van der Waals surface area contributed by atoms with Crippen LogP contribution in [0.1, 0.15) is 85.9 Å². The maximum atomic E-state index is 13.6. The average molecular weight is 968 g/mol. The number of aryl methyl sites for hydroxylation is 2. The summed E-state index contributed by atoms with van der Waals surface area (Å²) in [4.78, 5) is 48.4. The molecule has 2 fully saturated rings. The molecule has 3 N–H and O–H groups in total. The molecule has 3 aromatic carbocycles. The molecule has 69 heavy (non-hydrogen) atoms. The zero-order valence-corrected chi connectivity index (χ0v) is 39.2. The third kappa shape index (κ3) is 9.15. The molecule has 3 aromatic heterocycles. The third-order valence-electron chi connectivity index (χ3n) is 13.7. The van der Waals surface area contributed by atoms with Gasteiger partial charge >= 0.3 is 18.2 Å². The van der Waals surface area contributed by atoms with Crippen LogP contribution in [0.15, 0.2) is 88.6 Å². The number of cyclic esters (lactones) is 1. The Bertz CT molecular complexity index is 3140. The summed E-state index contributed by atoms with van der Waals surface area (Å²) >= 11 is 0. The Hall–Kier alpha value is -6.41. The fourth-order valence-corrected chi connectivity index (χ4v) is 10.4. The van der Waals surface area contributed by atoms with Gasteiger partial charge in [-0.25, -0.2) is 32.8 Å². The minimum absolute atomic E-state index is 0.0951. The first kappa shape index (κ1) is 47.6. The number of aliphatic hydroxyl groups is 1. The molecule has 0 radical (unpaired) electrons. The van der Waals surface area contributed by atoms with Gasteiger partial charge in [0.25, 0.3) is 5.56 Å². The molecule has 6 aromatic rings. The predicted octanol–water partition coefficient (Wildman–Crippen LogP) is 7.61. The number of nitrogens with zero attached hydrogens (tertiary/aromatic N) is 6. The van der Waals surface area contributed by atoms with Crippen LogP contribution in [0, 0.1) is 6.92 Å². The molecular formula is C50H52F3N7O8S. The van der Waals surface area contributed by atoms with E-state index in [1.165, 1.54) is 56.6 Å². The van der Waals surface area contributed by atoms with Crippen molar-refractivity contribution in [2.24, 2.45) is 5.14 Å². The lowest BCUT2D eigenvalue weighted by molar-refractivity contribution is -0.172. The molecule has 19 heteroatoms. The smallest absolute Gasteiger partial charge is 0.435 e. The number of amides is 1. The number of hydrogen-bond donors (Lipinski definition) is 2. The van der Waals surface area contributed by atoms with Crippen molar-refractivity contribution in [2.45, 2.75) is 102 Å². The monoisotopic (exact) mass is 967 g/mol. The molecule has 0 spiro atoms. The fourth-order valence-electron chi connectivity index (χ4n) is 9.89. The SMILES string of the molecule is CCc1c2c(nc3ccc(OC(=O)N4CCC(N5CCCCC5)CC4)cc13)-c1cc3c(c(=O)n1C2)COC(=O)[C@]3(O)CC.Cc1ccc(-c2cc(C(F)(F)F)nn2-c2ccc(S(N)(=O)=O)cc2)cc1. The number of primary sulfonamides is 1. The number of rotatable bonds is 7. The van der Waals surface area contributed by atoms with E-state index >= 15 is 0 Å². The van der Waals surface area contributed by atoms with Gasteiger partial charge in [-0.05, 0) is 119 Å². The first-order chi connectivity index (χ1) is 32.9. The normalized spacial score (nSPS) is 18.5. The number of halogens is 3. The molecule has 1 atom stereocenters. The second-order valence-corrected chi connectivity index (χ2v) is 19.5. The van der Waals surface area contributed by atoms with Crippen LogP contribution >= 0.6 is 0 Å². The summed E-state index contributed by atoms with van der Waals surface area (Å²) in [6.45, 7) is 9.52. The lowest BCUT2D eigenvalue weighted by Gasteiger charge is -2.39. The van der Waals surface area contributed by atoms with E-state index in [4.69, 9.17) is 19.6 Å². The molecule has 0 saturated carbocycles. The third-order valence-corrected chi connectivity index (χ3v) is 14.7. The summed E-state index contributed by atoms with van der Waals surface area (Å²) in [5.41, 5.74) is 3.38. The van der Waals surface area contributed by atoms with E-state index in [2.05, 4.69) is 16.9 Å². The summed E-state index contributed by atoms with van der Waals surface area (Å²) in [6, 6.07) is 20.8. The highest BCUT2D eigenvalue weighted by molar-refractivity contribution is 7.89. The predicted molar refractivity (Wildman–Crippen MR) is 250 cm³/mol. The number of aromatic nitrogens is 4. The lowest BCUT2D eigenvalue weighted by atomic mass is 9.86. The molecule has 2 saturated heterocycles. The standard InChI is InChI=1S/C33H38N4O6.C17H14F3N3O2S/c1-3-22-23-16-21(43-32(40)36-14-10-20(11-15-36)35-12-6-5-7-13-35)8-9-27(23)34-29-24(22)18-37-28(29)17-26-25(30(37)38)19-42-31(39)33(26,41)4-2;1-11-2-4-12(5-3-11)15-10-16(17(18,19)20)22-23(15)13-6-8-14(9-7-13)26(21,24)25/h8-9,16-17,20,41H,3-7,10-15,18-19H2,1-2H3;2-10H,1H3,(H2,21,24,25)/t33-;/m0./s1. The number of benzene rings is 3. The van der Waals surface area contributed by atoms with Crippen LogP contribution in [0.25, 0.3) is 39.2 Å². The Morgan fingerprint density at radius 2 is 1.61 bits per heavy atom. The number of esters is 1. The number of fused-ring (bicyclic) bond motifs is 5. The van der Waals surface area contributed by atoms with E-state index in [9.17, 15) is 41.1 Å². The van der Waals surface area contributed by atoms with Gasteiger partial charge < -0.3 is 28.9 Å². The number of piperidine rings is 2. The van der Waals surface area contributed by atoms with Gasteiger partial charge in [-0.15, -0.1) is 0 Å². The van der Waals surface area contributed by atoms with Crippen molar-refractivity contribution >= 4 is 33.0 Å². The van der Waals surface area contributed by atoms with E-state index < -0.39 is 33.5 Å². The van der Waals surface area contributed by atoms with Crippen molar-refractivity contribution < 1.29 is 45.8 Å². The van der Waals surface area contributed by atoms with Gasteiger partial charge in [-0.2, -0.15) is 18.3 Å². The molecule has 7 heterocycles. The lowest BCUT2D eigenvalue weighted by Crippen LogP contribution is -2.48. The average Bonchev–Trinajstić information content (AvgIpc) is 3.96. The zero-order valence-electron chi connectivity index (χ0n) is 38.4. The second-order valence-electron chi connectivity index (χ2n) is 18.0. The molecule has 0 unspecified atom stereocenters. The van der Waals surface area contributed by atoms with E-state index in [1.54, 1.807) is 47.9 Å². The molecule has 4 aliphatic rings. The minimum Gasteiger partial charge on any atom is -0.458 e. The summed E-state index contributed by atoms with van der Waals surface area (Å²) in [7, 11) is -3.90. The van der Waals surface area contributed by atoms with Crippen molar-refractivity contribution in [3.8, 4) is 34.1 Å². The number of likely N-dealkylation sites (tertiary alicyclic amines) is 2. The van der Waals surface area contributed by atoms with Crippen LogP contribution in [0.5, 0.6) is 5.75 Å². The number of alkyl halides is 3. The van der Waals surface area contributed by atoms with Crippen molar-refractivity contribution in [1.82, 2.24) is 29.1 Å². The van der Waals surface area contributed by atoms with Gasteiger partial charge in [-0.3, -0.25) is 4.79 Å². The highest BCUT2D eigenvalue weighted by atomic mass is 32.2. The second kappa shape index (κ2) is 18.5. The number of nitrogens with two attached hydrogens (primary N) is 1. The fraction of sp³-hybridized carbons (Fsp3) is 0.380. The number of hydrogen-bond acceptors (Lipinski definition) is 11. The molecular weight excluding hydrogens is 916 g/mol. The maximum Gasteiger partial charge on any atom is 0.435 e. The molecule has 1 amide bonds. The van der Waals surface area contributed by atoms with Crippen molar-refractivity contribution in [3.63, 3.8) is 0 Å². The maximum absolute atomic E-state index is 13.6. The molecule has 15 nitrogen and oxygen atoms in total. The van der Waals surface area contributed by atoms with Crippen LogP contribution in [0.3, 0.4) is 0 Å². The molecule has 0 bridgehead atoms. The van der Waals surface area contributed by atoms with Crippen LogP contribution in [0.4, 0.5) is 18.0 Å². The van der Waals surface area contributed by atoms with Gasteiger partial charge in [0.15, 0.2) is 11.3 Å². The molecule has 362 valence electrons. The van der Waals surface area contributed by atoms with Crippen molar-refractivity contribution in [1.29, 1.82) is 0 Å². The Morgan fingerprint density at radius 1 is 0.913 bits per heavy atom. The quantitative estimate of drug-likeness (QED) is 0.150. The van der Waals surface area contributed by atoms with E-state index in [0.717, 1.165) is 51.2 Å². The number of carbonyl (C=O) groups excluding carboxylic acids is 2. The first-order valence-corrected chi connectivity index (χ1v) is 24.6. The zero-order chi connectivity index (χ0) is 49.0. The number of ether oxygens (including phenoxy) is 2. The Kier molecular flexibility index (Phi) is 12.8. The highest BCUT2D eigenvalue weighted by Crippen LogP contribution is 2.41. The molecule has 0 aliphatic carbocycles. The molecule has 10 rings (SSSR count). The number of sulfonamides is 1. The van der Waals surface area contributed by atoms with E-state index in [-0.39, 0.29) is 41.0 Å². The summed E-state index contributed by atoms with van der Waals surface area (Å²) in [6.07, 6.45) is 1.66. The Balaban J connectivity index is 0.000000195. The van der Waals surface area contributed by atoms with E-state index in [0.29, 0.717) is 65.9 Å². The Morgan fingerprint density at radius 3 is 2.25 bits per heavy atom. The molecule has 4 aliphatic heterocycles. The van der Waals surface area contributed by atoms with Gasteiger partial charge in [0.05, 0.1) is 45.3 Å². The van der Waals surface area contributed by atoms with Crippen LogP contribution < -0.4 is 15.4 Å². The summed E-state index contributed by atoms with van der Waals surface area (Å²) < 4.78 is 75.9. The van der Waals surface area contributed by atoms with Gasteiger partial charge in [0.1, 0.15) is 12.4 Å². The highest BCUT2D eigenvalue weighted by Gasteiger charge is 2.45. The topological polar surface area (TPSA) is 192 Å². The Labute approximate surface area is 396 Å². The number of pyridine rings is 2. The van der Waals surface area contributed by atoms with Gasteiger partial charge in [0, 0.05) is 41.2 Å². The van der Waals surface area contributed by atoms with Gasteiger partial charge in [-0.1, -0.05) is 50.1 Å².